The van der Waals surface area contributed by atoms with Crippen LogP contribution in [-0.2, 0) is 17.3 Å². The first-order valence-corrected chi connectivity index (χ1v) is 13.7. The first kappa shape index (κ1) is 28.2. The summed E-state index contributed by atoms with van der Waals surface area (Å²) in [5, 5.41) is 4.31. The second-order valence-corrected chi connectivity index (χ2v) is 10.8. The Morgan fingerprint density at radius 1 is 1.12 bits per heavy atom. The molecule has 0 N–H and O–H groups in total. The Morgan fingerprint density at radius 2 is 1.90 bits per heavy atom. The standard InChI is InChI=1S/C30H34F3N5O2/c1-19(2)29-25(18-36-38(29)27-9-6-23(17-34-27)30(31,32)33)26(39)15-21-14-20(3)28(35-16-21)22-4-7-24(8-5-22)37-10-12-40-13-11-37/h4,6,9,14,16-19,24H,5,7-8,10-13,15H2,1-3H3. The smallest absolute Gasteiger partial charge is 0.379 e. The molecule has 40 heavy (non-hydrogen) atoms. The average molecular weight is 554 g/mol. The van der Waals surface area contributed by atoms with E-state index in [1.807, 2.05) is 26.8 Å². The van der Waals surface area contributed by atoms with Gasteiger partial charge < -0.3 is 4.74 Å². The van der Waals surface area contributed by atoms with E-state index in [4.69, 9.17) is 9.72 Å². The minimum absolute atomic E-state index is 0.104. The zero-order valence-electron chi connectivity index (χ0n) is 23.0. The number of allylic oxidation sites excluding steroid dienone is 1. The molecule has 0 spiro atoms. The third kappa shape index (κ3) is 6.02. The molecule has 0 bridgehead atoms. The van der Waals surface area contributed by atoms with E-state index in [0.717, 1.165) is 74.6 Å². The molecule has 4 heterocycles. The maximum Gasteiger partial charge on any atom is 0.417 e. The molecule has 3 aromatic heterocycles. The Balaban J connectivity index is 1.30. The van der Waals surface area contributed by atoms with Gasteiger partial charge in [0.05, 0.1) is 41.9 Å². The van der Waals surface area contributed by atoms with Gasteiger partial charge in [0.1, 0.15) is 0 Å². The van der Waals surface area contributed by atoms with Crippen molar-refractivity contribution in [2.45, 2.75) is 64.6 Å². The predicted octanol–water partition coefficient (Wildman–Crippen LogP) is 5.81. The number of ether oxygens (including phenoxy) is 1. The molecule has 1 aliphatic heterocycles. The molecule has 3 aromatic rings. The molecule has 1 atom stereocenters. The third-order valence-corrected chi connectivity index (χ3v) is 7.69. The molecule has 10 heteroatoms. The summed E-state index contributed by atoms with van der Waals surface area (Å²) < 4.78 is 45.8. The van der Waals surface area contributed by atoms with E-state index in [-0.39, 0.29) is 23.9 Å². The fourth-order valence-electron chi connectivity index (χ4n) is 5.65. The number of morpholine rings is 1. The zero-order chi connectivity index (χ0) is 28.4. The molecular weight excluding hydrogens is 519 g/mol. The topological polar surface area (TPSA) is 73.1 Å². The minimum Gasteiger partial charge on any atom is -0.379 e. The van der Waals surface area contributed by atoms with Crippen molar-refractivity contribution in [1.82, 2.24) is 24.6 Å². The van der Waals surface area contributed by atoms with Crippen LogP contribution in [0.25, 0.3) is 11.4 Å². The highest BCUT2D eigenvalue weighted by Crippen LogP contribution is 2.32. The molecule has 1 aliphatic carbocycles. The minimum atomic E-state index is -4.47. The number of rotatable bonds is 7. The van der Waals surface area contributed by atoms with E-state index in [1.54, 1.807) is 6.20 Å². The number of pyridine rings is 2. The van der Waals surface area contributed by atoms with Crippen molar-refractivity contribution in [3.63, 3.8) is 0 Å². The Hall–Kier alpha value is -3.37. The van der Waals surface area contributed by atoms with Crippen LogP contribution in [0.15, 0.2) is 42.9 Å². The van der Waals surface area contributed by atoms with Gasteiger partial charge in [-0.1, -0.05) is 26.0 Å². The molecule has 7 nitrogen and oxygen atoms in total. The van der Waals surface area contributed by atoms with Crippen LogP contribution in [0.1, 0.15) is 77.5 Å². The molecule has 1 saturated heterocycles. The van der Waals surface area contributed by atoms with E-state index < -0.39 is 11.7 Å². The van der Waals surface area contributed by atoms with Gasteiger partial charge in [0.2, 0.25) is 0 Å². The van der Waals surface area contributed by atoms with Crippen molar-refractivity contribution in [2.75, 3.05) is 26.3 Å². The van der Waals surface area contributed by atoms with Gasteiger partial charge in [0.15, 0.2) is 11.6 Å². The summed E-state index contributed by atoms with van der Waals surface area (Å²) in [6, 6.07) is 4.81. The summed E-state index contributed by atoms with van der Waals surface area (Å²) in [4.78, 5) is 24.6. The van der Waals surface area contributed by atoms with Crippen LogP contribution in [-0.4, -0.2) is 62.8 Å². The van der Waals surface area contributed by atoms with E-state index in [2.05, 4.69) is 21.1 Å². The lowest BCUT2D eigenvalue weighted by molar-refractivity contribution is -0.137. The van der Waals surface area contributed by atoms with Crippen LogP contribution in [0, 0.1) is 6.92 Å². The van der Waals surface area contributed by atoms with Crippen molar-refractivity contribution in [3.8, 4) is 5.82 Å². The molecule has 0 saturated carbocycles. The summed E-state index contributed by atoms with van der Waals surface area (Å²) in [6.45, 7) is 9.45. The number of alkyl halides is 3. The second-order valence-electron chi connectivity index (χ2n) is 10.8. The van der Waals surface area contributed by atoms with Gasteiger partial charge in [0, 0.05) is 37.9 Å². The normalized spacial score (nSPS) is 18.7. The molecule has 212 valence electrons. The van der Waals surface area contributed by atoms with E-state index in [1.165, 1.54) is 22.5 Å². The van der Waals surface area contributed by atoms with Crippen LogP contribution in [0.5, 0.6) is 0 Å². The first-order valence-electron chi connectivity index (χ1n) is 13.7. The number of aromatic nitrogens is 4. The van der Waals surface area contributed by atoms with Gasteiger partial charge in [-0.15, -0.1) is 0 Å². The highest BCUT2D eigenvalue weighted by Gasteiger charge is 2.31. The lowest BCUT2D eigenvalue weighted by atomic mass is 9.90. The van der Waals surface area contributed by atoms with Crippen LogP contribution in [0.3, 0.4) is 0 Å². The quantitative estimate of drug-likeness (QED) is 0.344. The van der Waals surface area contributed by atoms with Gasteiger partial charge in [0.25, 0.3) is 0 Å². The molecule has 0 aromatic carbocycles. The van der Waals surface area contributed by atoms with Gasteiger partial charge >= 0.3 is 6.18 Å². The molecule has 5 rings (SSSR count). The largest absolute Gasteiger partial charge is 0.417 e. The number of Topliss-reactive ketones (excluding diaryl/α,β-unsaturated/α-hetero) is 1. The van der Waals surface area contributed by atoms with E-state index in [9.17, 15) is 18.0 Å². The Kier molecular flexibility index (Phi) is 8.19. The summed E-state index contributed by atoms with van der Waals surface area (Å²) >= 11 is 0. The van der Waals surface area contributed by atoms with Crippen LogP contribution < -0.4 is 0 Å². The maximum atomic E-state index is 13.4. The Labute approximate surface area is 232 Å². The van der Waals surface area contributed by atoms with Gasteiger partial charge in [-0.05, 0) is 60.9 Å². The zero-order valence-corrected chi connectivity index (χ0v) is 23.0. The lowest BCUT2D eigenvalue weighted by Crippen LogP contribution is -2.43. The molecular formula is C30H34F3N5O2. The summed E-state index contributed by atoms with van der Waals surface area (Å²) in [6.07, 6.45) is 5.09. The van der Waals surface area contributed by atoms with Crippen LogP contribution in [0.2, 0.25) is 0 Å². The molecule has 1 fully saturated rings. The molecule has 0 amide bonds. The SMILES string of the molecule is Cc1cc(CC(=O)c2cnn(-c3ccc(C(F)(F)F)cn3)c2C(C)C)cnc1C1=CCC(N2CCOCC2)CC1. The lowest BCUT2D eigenvalue weighted by Gasteiger charge is -2.36. The number of ketones is 1. The first-order chi connectivity index (χ1) is 19.1. The Morgan fingerprint density at radius 3 is 2.50 bits per heavy atom. The van der Waals surface area contributed by atoms with Crippen molar-refractivity contribution in [1.29, 1.82) is 0 Å². The van der Waals surface area contributed by atoms with Crippen molar-refractivity contribution in [3.05, 3.63) is 76.5 Å². The highest BCUT2D eigenvalue weighted by atomic mass is 19.4. The second kappa shape index (κ2) is 11.6. The average Bonchev–Trinajstić information content (AvgIpc) is 3.39. The predicted molar refractivity (Wildman–Crippen MR) is 145 cm³/mol. The molecule has 0 radical (unpaired) electrons. The number of halogens is 3. The molecule has 1 unspecified atom stereocenters. The van der Waals surface area contributed by atoms with Crippen LogP contribution >= 0.6 is 0 Å². The fourth-order valence-corrected chi connectivity index (χ4v) is 5.65. The number of carbonyl (C=O) groups is 1. The summed E-state index contributed by atoms with van der Waals surface area (Å²) in [7, 11) is 0. The Bertz CT molecular complexity index is 1390. The maximum absolute atomic E-state index is 13.4. The number of hydrogen-bond donors (Lipinski definition) is 0. The van der Waals surface area contributed by atoms with Gasteiger partial charge in [-0.3, -0.25) is 14.7 Å². The van der Waals surface area contributed by atoms with Crippen molar-refractivity contribution < 1.29 is 22.7 Å². The highest BCUT2D eigenvalue weighted by molar-refractivity contribution is 5.98. The van der Waals surface area contributed by atoms with E-state index in [0.29, 0.717) is 17.3 Å². The fraction of sp³-hybridized carbons (Fsp3) is 0.467. The van der Waals surface area contributed by atoms with Gasteiger partial charge in [-0.25, -0.2) is 9.67 Å². The van der Waals surface area contributed by atoms with E-state index >= 15 is 0 Å². The summed E-state index contributed by atoms with van der Waals surface area (Å²) in [5.41, 5.74) is 4.30. The number of carbonyl (C=O) groups excluding carboxylic acids is 1. The number of nitrogens with zero attached hydrogens (tertiary/aromatic N) is 5. The van der Waals surface area contributed by atoms with Gasteiger partial charge in [-0.2, -0.15) is 18.3 Å². The number of hydrogen-bond acceptors (Lipinski definition) is 6. The summed E-state index contributed by atoms with van der Waals surface area (Å²) in [5.74, 6) is 0.00239. The monoisotopic (exact) mass is 553 g/mol. The third-order valence-electron chi connectivity index (χ3n) is 7.69. The molecule has 2 aliphatic rings. The van der Waals surface area contributed by atoms with Crippen LogP contribution in [0.4, 0.5) is 13.2 Å². The van der Waals surface area contributed by atoms with Crippen molar-refractivity contribution in [2.24, 2.45) is 0 Å². The number of aryl methyl sites for hydroxylation is 1. The van der Waals surface area contributed by atoms with Crippen molar-refractivity contribution >= 4 is 11.4 Å².